The van der Waals surface area contributed by atoms with E-state index < -0.39 is 17.6 Å². The number of benzene rings is 1. The van der Waals surface area contributed by atoms with Gasteiger partial charge in [-0.15, -0.1) is 0 Å². The molecule has 3 aromatic rings. The summed E-state index contributed by atoms with van der Waals surface area (Å²) >= 11 is 0. The van der Waals surface area contributed by atoms with Gasteiger partial charge in [0, 0.05) is 23.6 Å². The molecular formula is C24H29FN6O3. The first-order chi connectivity index (χ1) is 16.2. The van der Waals surface area contributed by atoms with Crippen LogP contribution in [0.3, 0.4) is 0 Å². The molecule has 0 radical (unpaired) electrons. The minimum atomic E-state index is -0.747. The highest BCUT2D eigenvalue weighted by atomic mass is 19.1. The van der Waals surface area contributed by atoms with Gasteiger partial charge in [0.15, 0.2) is 0 Å². The second kappa shape index (κ2) is 9.66. The summed E-state index contributed by atoms with van der Waals surface area (Å²) in [4.78, 5) is 24.4. The molecule has 0 saturated heterocycles. The summed E-state index contributed by atoms with van der Waals surface area (Å²) in [6.45, 7) is 3.71. The van der Waals surface area contributed by atoms with Gasteiger partial charge in [-0.2, -0.15) is 5.10 Å². The molecule has 0 atom stereocenters. The van der Waals surface area contributed by atoms with E-state index in [1.807, 2.05) is 13.8 Å². The van der Waals surface area contributed by atoms with E-state index in [-0.39, 0.29) is 41.0 Å². The summed E-state index contributed by atoms with van der Waals surface area (Å²) in [5.74, 6) is -1.05. The van der Waals surface area contributed by atoms with Crippen molar-refractivity contribution in [2.75, 3.05) is 11.1 Å². The average molecular weight is 469 g/mol. The van der Waals surface area contributed by atoms with Crippen molar-refractivity contribution in [3.8, 4) is 11.3 Å². The number of hydrogen-bond acceptors (Lipinski definition) is 6. The minimum absolute atomic E-state index is 0.0395. The number of aromatic nitrogens is 3. The van der Waals surface area contributed by atoms with E-state index >= 15 is 0 Å². The molecule has 2 heterocycles. The highest BCUT2D eigenvalue weighted by Gasteiger charge is 2.24. The summed E-state index contributed by atoms with van der Waals surface area (Å²) in [6, 6.07) is 5.91. The molecule has 2 aromatic heterocycles. The average Bonchev–Trinajstić information content (AvgIpc) is 3.40. The normalized spacial score (nSPS) is 14.5. The molecule has 1 fully saturated rings. The number of nitrogens with two attached hydrogens (primary N) is 2. The summed E-state index contributed by atoms with van der Waals surface area (Å²) < 4.78 is 21.6. The van der Waals surface area contributed by atoms with Crippen molar-refractivity contribution in [2.45, 2.75) is 64.3 Å². The Balaban J connectivity index is 1.48. The van der Waals surface area contributed by atoms with Crippen LogP contribution >= 0.6 is 0 Å². The van der Waals surface area contributed by atoms with Crippen LogP contribution in [0.25, 0.3) is 11.3 Å². The van der Waals surface area contributed by atoms with Crippen LogP contribution in [0.5, 0.6) is 0 Å². The van der Waals surface area contributed by atoms with Crippen LogP contribution in [0.15, 0.2) is 28.8 Å². The third-order valence-electron chi connectivity index (χ3n) is 6.17. The van der Waals surface area contributed by atoms with Crippen molar-refractivity contribution >= 4 is 23.5 Å². The van der Waals surface area contributed by atoms with Crippen LogP contribution in [0, 0.1) is 5.82 Å². The minimum Gasteiger partial charge on any atom is -0.383 e. The Morgan fingerprint density at radius 3 is 2.62 bits per heavy atom. The lowest BCUT2D eigenvalue weighted by Gasteiger charge is -2.18. The first-order valence-corrected chi connectivity index (χ1v) is 11.5. The lowest BCUT2D eigenvalue weighted by molar-refractivity contribution is -0.115. The zero-order valence-electron chi connectivity index (χ0n) is 19.3. The third-order valence-corrected chi connectivity index (χ3v) is 6.17. The van der Waals surface area contributed by atoms with Crippen molar-refractivity contribution < 1.29 is 18.5 Å². The van der Waals surface area contributed by atoms with Crippen molar-refractivity contribution in [3.63, 3.8) is 0 Å². The van der Waals surface area contributed by atoms with Gasteiger partial charge in [-0.3, -0.25) is 14.9 Å². The quantitative estimate of drug-likeness (QED) is 0.475. The zero-order chi connectivity index (χ0) is 24.4. The van der Waals surface area contributed by atoms with E-state index in [4.69, 9.17) is 16.0 Å². The molecule has 1 aromatic carbocycles. The Labute approximate surface area is 196 Å². The van der Waals surface area contributed by atoms with Crippen molar-refractivity contribution in [3.05, 3.63) is 46.9 Å². The number of nitrogen functional groups attached to an aromatic ring is 1. The molecule has 0 aliphatic heterocycles. The van der Waals surface area contributed by atoms with E-state index in [9.17, 15) is 14.0 Å². The molecule has 1 aliphatic rings. The fraction of sp³-hybridized carbons (Fsp3) is 0.417. The predicted octanol–water partition coefficient (Wildman–Crippen LogP) is 4.17. The second-order valence-corrected chi connectivity index (χ2v) is 8.99. The molecule has 0 unspecified atom stereocenters. The lowest BCUT2D eigenvalue weighted by atomic mass is 9.87. The number of rotatable bonds is 7. The number of anilines is 2. The molecular weight excluding hydrogens is 439 g/mol. The molecule has 0 bridgehead atoms. The molecule has 0 spiro atoms. The number of hydrogen-bond donors (Lipinski definition) is 3. The number of amides is 2. The van der Waals surface area contributed by atoms with Crippen LogP contribution in [-0.4, -0.2) is 26.8 Å². The van der Waals surface area contributed by atoms with E-state index in [0.29, 0.717) is 11.5 Å². The Kier molecular flexibility index (Phi) is 6.67. The topological polar surface area (TPSA) is 142 Å². The van der Waals surface area contributed by atoms with Gasteiger partial charge in [0.05, 0.1) is 12.1 Å². The van der Waals surface area contributed by atoms with Gasteiger partial charge < -0.3 is 16.0 Å². The van der Waals surface area contributed by atoms with Gasteiger partial charge in [0.1, 0.15) is 22.9 Å². The van der Waals surface area contributed by atoms with Gasteiger partial charge in [-0.25, -0.2) is 9.07 Å². The first kappa shape index (κ1) is 23.5. The molecule has 1 saturated carbocycles. The fourth-order valence-corrected chi connectivity index (χ4v) is 4.42. The first-order valence-electron chi connectivity index (χ1n) is 11.5. The van der Waals surface area contributed by atoms with Crippen LogP contribution in [-0.2, 0) is 11.2 Å². The SMILES string of the molecule is CC(C)n1nc(-c2ccc(CC(=O)Nc3cc(C4CCCCC4)no3)c(F)c2)c(C(N)=O)c1N. The number of primary amides is 1. The van der Waals surface area contributed by atoms with Crippen LogP contribution < -0.4 is 16.8 Å². The summed E-state index contributed by atoms with van der Waals surface area (Å²) in [6.07, 6.45) is 5.50. The lowest BCUT2D eigenvalue weighted by Crippen LogP contribution is -2.15. The summed E-state index contributed by atoms with van der Waals surface area (Å²) in [7, 11) is 0. The number of carbonyl (C=O) groups excluding carboxylic acids is 2. The Hall–Kier alpha value is -3.69. The zero-order valence-corrected chi connectivity index (χ0v) is 19.3. The van der Waals surface area contributed by atoms with E-state index in [0.717, 1.165) is 18.5 Å². The van der Waals surface area contributed by atoms with Gasteiger partial charge in [0.25, 0.3) is 5.91 Å². The molecule has 5 N–H and O–H groups in total. The molecule has 9 nitrogen and oxygen atoms in total. The largest absolute Gasteiger partial charge is 0.383 e. The molecule has 4 rings (SSSR count). The van der Waals surface area contributed by atoms with Gasteiger partial charge >= 0.3 is 0 Å². The summed E-state index contributed by atoms with van der Waals surface area (Å²) in [5, 5.41) is 11.1. The Bertz CT molecular complexity index is 1210. The van der Waals surface area contributed by atoms with Crippen LogP contribution in [0.4, 0.5) is 16.1 Å². The van der Waals surface area contributed by atoms with Gasteiger partial charge in [-0.1, -0.05) is 36.6 Å². The van der Waals surface area contributed by atoms with Crippen molar-refractivity contribution in [2.24, 2.45) is 5.73 Å². The fourth-order valence-electron chi connectivity index (χ4n) is 4.42. The predicted molar refractivity (Wildman–Crippen MR) is 126 cm³/mol. The van der Waals surface area contributed by atoms with Crippen LogP contribution in [0.1, 0.15) is 79.5 Å². The number of carbonyl (C=O) groups is 2. The second-order valence-electron chi connectivity index (χ2n) is 8.99. The van der Waals surface area contributed by atoms with Gasteiger partial charge in [0.2, 0.25) is 11.8 Å². The highest BCUT2D eigenvalue weighted by molar-refractivity contribution is 6.03. The Morgan fingerprint density at radius 1 is 1.24 bits per heavy atom. The van der Waals surface area contributed by atoms with E-state index in [2.05, 4.69) is 15.6 Å². The molecule has 34 heavy (non-hydrogen) atoms. The molecule has 2 amide bonds. The maximum atomic E-state index is 14.9. The maximum absolute atomic E-state index is 14.9. The molecule has 10 heteroatoms. The highest BCUT2D eigenvalue weighted by Crippen LogP contribution is 2.33. The number of halogens is 1. The molecule has 1 aliphatic carbocycles. The maximum Gasteiger partial charge on any atom is 0.254 e. The monoisotopic (exact) mass is 468 g/mol. The number of nitrogens with one attached hydrogen (secondary N) is 1. The summed E-state index contributed by atoms with van der Waals surface area (Å²) in [5.41, 5.74) is 13.1. The Morgan fingerprint density at radius 2 is 1.97 bits per heavy atom. The van der Waals surface area contributed by atoms with Crippen molar-refractivity contribution in [1.29, 1.82) is 0 Å². The third kappa shape index (κ3) is 4.80. The smallest absolute Gasteiger partial charge is 0.254 e. The van der Waals surface area contributed by atoms with Crippen molar-refractivity contribution in [1.82, 2.24) is 14.9 Å². The van der Waals surface area contributed by atoms with Gasteiger partial charge in [-0.05, 0) is 38.3 Å². The standard InChI is InChI=1S/C24H29FN6O3/c1-13(2)31-23(26)21(24(27)33)22(29-31)16-9-8-15(17(25)10-16)11-19(32)28-20-12-18(30-34-20)14-6-4-3-5-7-14/h8-10,12-14H,3-7,11,26H2,1-2H3,(H2,27,33)(H,28,32). The van der Waals surface area contributed by atoms with Crippen LogP contribution in [0.2, 0.25) is 0 Å². The van der Waals surface area contributed by atoms with E-state index in [1.165, 1.54) is 36.1 Å². The molecule has 180 valence electrons. The number of nitrogens with zero attached hydrogens (tertiary/aromatic N) is 3. The van der Waals surface area contributed by atoms with E-state index in [1.54, 1.807) is 12.1 Å².